The lowest BCUT2D eigenvalue weighted by atomic mass is 9.73. The van der Waals surface area contributed by atoms with Crippen LogP contribution in [0.4, 0.5) is 0 Å². The predicted molar refractivity (Wildman–Crippen MR) is 236 cm³/mol. The molecule has 0 N–H and O–H groups in total. The molecular formula is C52H52O7. The zero-order valence-electron chi connectivity index (χ0n) is 34.8. The molecule has 0 aliphatic heterocycles. The third-order valence-corrected chi connectivity index (χ3v) is 10.6. The number of hydrogen-bond donors (Lipinski definition) is 0. The molecule has 302 valence electrons. The first kappa shape index (κ1) is 41.8. The van der Waals surface area contributed by atoms with Crippen molar-refractivity contribution in [3.63, 3.8) is 0 Å². The molecule has 7 aromatic carbocycles. The Bertz CT molecular complexity index is 1980. The second kappa shape index (κ2) is 20.5. The third kappa shape index (κ3) is 10.4. The van der Waals surface area contributed by atoms with Crippen molar-refractivity contribution in [3.8, 4) is 40.2 Å². The highest BCUT2D eigenvalue weighted by atomic mass is 16.5. The van der Waals surface area contributed by atoms with E-state index in [1.807, 2.05) is 84.9 Å². The van der Waals surface area contributed by atoms with Crippen LogP contribution in [-0.2, 0) is 0 Å². The Morgan fingerprint density at radius 3 is 0.475 bits per heavy atom. The van der Waals surface area contributed by atoms with Gasteiger partial charge >= 0.3 is 0 Å². The van der Waals surface area contributed by atoms with Crippen molar-refractivity contribution in [2.75, 3.05) is 49.8 Å². The smallest absolute Gasteiger partial charge is 0.118 e. The van der Waals surface area contributed by atoms with E-state index in [1.165, 1.54) is 38.9 Å². The fourth-order valence-corrected chi connectivity index (χ4v) is 7.37. The molecule has 7 aromatic rings. The van der Waals surface area contributed by atoms with E-state index in [1.54, 1.807) is 49.8 Å². The topological polar surface area (TPSA) is 64.6 Å². The molecule has 0 heterocycles. The van der Waals surface area contributed by atoms with E-state index < -0.39 is 0 Å². The van der Waals surface area contributed by atoms with Gasteiger partial charge in [0.1, 0.15) is 40.2 Å². The second-order valence-corrected chi connectivity index (χ2v) is 13.8. The van der Waals surface area contributed by atoms with Crippen molar-refractivity contribution >= 4 is 0 Å². The van der Waals surface area contributed by atoms with Crippen LogP contribution in [0.2, 0.25) is 0 Å². The highest BCUT2D eigenvalue weighted by molar-refractivity contribution is 5.49. The maximum atomic E-state index is 5.42. The average molecular weight is 789 g/mol. The van der Waals surface area contributed by atoms with Crippen molar-refractivity contribution in [2.24, 2.45) is 0 Å². The molecule has 0 unspecified atom stereocenters. The lowest BCUT2D eigenvalue weighted by Gasteiger charge is -2.30. The van der Waals surface area contributed by atoms with Crippen LogP contribution < -0.4 is 33.2 Å². The van der Waals surface area contributed by atoms with Crippen LogP contribution in [0, 0.1) is 0 Å². The van der Waals surface area contributed by atoms with E-state index in [9.17, 15) is 0 Å². The van der Waals surface area contributed by atoms with Gasteiger partial charge in [0.15, 0.2) is 0 Å². The zero-order chi connectivity index (χ0) is 41.6. The summed E-state index contributed by atoms with van der Waals surface area (Å²) in [4.78, 5) is 0. The van der Waals surface area contributed by atoms with Gasteiger partial charge in [-0.25, -0.2) is 0 Å². The van der Waals surface area contributed by atoms with Crippen LogP contribution in [-0.4, -0.2) is 49.8 Å². The van der Waals surface area contributed by atoms with E-state index in [0.717, 1.165) is 40.2 Å². The zero-order valence-corrected chi connectivity index (χ0v) is 34.8. The van der Waals surface area contributed by atoms with Crippen LogP contribution in [0.3, 0.4) is 0 Å². The molecule has 0 spiro atoms. The highest BCUT2D eigenvalue weighted by Gasteiger charge is 2.29. The second-order valence-electron chi connectivity index (χ2n) is 13.8. The normalized spacial score (nSPS) is 10.7. The molecule has 7 nitrogen and oxygen atoms in total. The Labute approximate surface area is 348 Å². The quantitative estimate of drug-likeness (QED) is 0.0959. The summed E-state index contributed by atoms with van der Waals surface area (Å²) in [5, 5.41) is 0. The van der Waals surface area contributed by atoms with Crippen LogP contribution >= 0.6 is 0 Å². The van der Waals surface area contributed by atoms with Gasteiger partial charge < -0.3 is 33.2 Å². The van der Waals surface area contributed by atoms with Gasteiger partial charge in [0.2, 0.25) is 0 Å². The van der Waals surface area contributed by atoms with Crippen LogP contribution in [0.25, 0.3) is 0 Å². The summed E-state index contributed by atoms with van der Waals surface area (Å²) >= 11 is 0. The van der Waals surface area contributed by atoms with Crippen molar-refractivity contribution < 1.29 is 33.2 Å². The summed E-state index contributed by atoms with van der Waals surface area (Å²) in [5.74, 6) is 6.14. The van der Waals surface area contributed by atoms with E-state index in [-0.39, 0.29) is 17.8 Å². The fraction of sp³-hybridized carbons (Fsp3) is 0.192. The summed E-state index contributed by atoms with van der Waals surface area (Å²) in [6.07, 6.45) is 0. The standard InChI is InChI=1S/C30H30O4.C22H22O3/c1-31-25-13-5-21(6-14-25)29(22-7-15-26(32-2)16-8-22)30(23-9-17-27(33-3)18-10-23)24-11-19-28(34-4)20-12-24;1-23-19-10-4-16(5-11-19)22(17-6-12-20(24-2)13-7-17)18-8-14-21(25-3)15-9-18/h5-20,29-30H,1-4H3;4-15,22H,1-3H3. The van der Waals surface area contributed by atoms with Gasteiger partial charge in [-0.05, 0) is 124 Å². The number of rotatable bonds is 15. The largest absolute Gasteiger partial charge is 0.497 e. The summed E-state index contributed by atoms with van der Waals surface area (Å²) in [5.41, 5.74) is 8.40. The van der Waals surface area contributed by atoms with Gasteiger partial charge in [0, 0.05) is 17.8 Å². The van der Waals surface area contributed by atoms with Gasteiger partial charge in [0.05, 0.1) is 49.8 Å². The molecule has 0 saturated heterocycles. The number of methoxy groups -OCH3 is 7. The minimum Gasteiger partial charge on any atom is -0.497 e. The van der Waals surface area contributed by atoms with Gasteiger partial charge in [-0.2, -0.15) is 0 Å². The van der Waals surface area contributed by atoms with Crippen molar-refractivity contribution in [1.29, 1.82) is 0 Å². The van der Waals surface area contributed by atoms with Crippen molar-refractivity contribution in [1.82, 2.24) is 0 Å². The third-order valence-electron chi connectivity index (χ3n) is 10.6. The molecule has 0 atom stereocenters. The fourth-order valence-electron chi connectivity index (χ4n) is 7.37. The Balaban J connectivity index is 0.000000208. The molecule has 0 fully saturated rings. The molecule has 0 amide bonds. The molecule has 0 saturated carbocycles. The average Bonchev–Trinajstić information content (AvgIpc) is 3.32. The number of benzene rings is 7. The Morgan fingerprint density at radius 2 is 0.339 bits per heavy atom. The minimum atomic E-state index is 0.0543. The SMILES string of the molecule is COc1ccc(C(c2ccc(OC)cc2)C(c2ccc(OC)cc2)c2ccc(OC)cc2)cc1.COc1ccc(C(c2ccc(OC)cc2)c2ccc(OC)cc2)cc1. The maximum Gasteiger partial charge on any atom is 0.118 e. The summed E-state index contributed by atoms with van der Waals surface area (Å²) in [7, 11) is 11.8. The first-order valence-electron chi connectivity index (χ1n) is 19.4. The Morgan fingerprint density at radius 1 is 0.203 bits per heavy atom. The molecule has 0 radical (unpaired) electrons. The van der Waals surface area contributed by atoms with E-state index in [0.29, 0.717) is 0 Å². The van der Waals surface area contributed by atoms with Gasteiger partial charge in [-0.1, -0.05) is 84.9 Å². The van der Waals surface area contributed by atoms with Crippen LogP contribution in [0.5, 0.6) is 40.2 Å². The van der Waals surface area contributed by atoms with E-state index in [4.69, 9.17) is 33.2 Å². The Hall–Kier alpha value is -6.86. The first-order valence-corrected chi connectivity index (χ1v) is 19.4. The lowest BCUT2D eigenvalue weighted by molar-refractivity contribution is 0.413. The molecular weight excluding hydrogens is 737 g/mol. The highest BCUT2D eigenvalue weighted by Crippen LogP contribution is 2.44. The molecule has 7 heteroatoms. The van der Waals surface area contributed by atoms with Crippen LogP contribution in [0.1, 0.15) is 56.7 Å². The molecule has 0 aliphatic rings. The summed E-state index contributed by atoms with van der Waals surface area (Å²) in [6, 6.07) is 58.0. The molecule has 59 heavy (non-hydrogen) atoms. The summed E-state index contributed by atoms with van der Waals surface area (Å²) in [6.45, 7) is 0. The molecule has 0 aromatic heterocycles. The summed E-state index contributed by atoms with van der Waals surface area (Å²) < 4.78 is 37.5. The van der Waals surface area contributed by atoms with Crippen molar-refractivity contribution in [3.05, 3.63) is 209 Å². The lowest BCUT2D eigenvalue weighted by Crippen LogP contribution is -2.15. The van der Waals surface area contributed by atoms with Gasteiger partial charge in [-0.15, -0.1) is 0 Å². The first-order chi connectivity index (χ1) is 28.9. The Kier molecular flexibility index (Phi) is 14.5. The molecule has 7 rings (SSSR count). The minimum absolute atomic E-state index is 0.0543. The molecule has 0 bridgehead atoms. The number of hydrogen-bond acceptors (Lipinski definition) is 7. The van der Waals surface area contributed by atoms with E-state index >= 15 is 0 Å². The maximum absolute atomic E-state index is 5.42. The van der Waals surface area contributed by atoms with E-state index in [2.05, 4.69) is 84.9 Å². The monoisotopic (exact) mass is 788 g/mol. The van der Waals surface area contributed by atoms with Gasteiger partial charge in [0.25, 0.3) is 0 Å². The van der Waals surface area contributed by atoms with Gasteiger partial charge in [-0.3, -0.25) is 0 Å². The van der Waals surface area contributed by atoms with Crippen molar-refractivity contribution in [2.45, 2.75) is 17.8 Å². The number of ether oxygens (including phenoxy) is 7. The predicted octanol–water partition coefficient (Wildman–Crippen LogP) is 11.6. The molecule has 0 aliphatic carbocycles. The van der Waals surface area contributed by atoms with Crippen LogP contribution in [0.15, 0.2) is 170 Å².